The number of aromatic nitrogens is 3. The summed E-state index contributed by atoms with van der Waals surface area (Å²) in [5.41, 5.74) is 3.44. The average molecular weight is 433 g/mol. The van der Waals surface area contributed by atoms with Crippen LogP contribution in [-0.2, 0) is 6.54 Å². The van der Waals surface area contributed by atoms with E-state index in [0.29, 0.717) is 25.2 Å². The molecule has 3 aromatic rings. The van der Waals surface area contributed by atoms with E-state index in [2.05, 4.69) is 33.7 Å². The molecule has 6 nitrogen and oxygen atoms in total. The zero-order valence-corrected chi connectivity index (χ0v) is 18.7. The highest BCUT2D eigenvalue weighted by atomic mass is 16.6. The standard InChI is InChI=1S/C26H32N4O2/c1-2-5-20(6-3-1)25-28-22-7-4-12-27-26(22)30(25)21-10-13-29(14-11-21)18-19-8-9-23-24(17-19)32-16-15-31-23/h4,7-9,12,17,20-21H,1-3,5-6,10-11,13-16,18H2. The predicted molar refractivity (Wildman–Crippen MR) is 124 cm³/mol. The second kappa shape index (κ2) is 8.74. The second-order valence-corrected chi connectivity index (χ2v) is 9.51. The molecule has 1 saturated heterocycles. The lowest BCUT2D eigenvalue weighted by Gasteiger charge is -2.34. The summed E-state index contributed by atoms with van der Waals surface area (Å²) >= 11 is 0. The Bertz CT molecular complexity index is 1080. The number of likely N-dealkylation sites (tertiary alicyclic amines) is 1. The van der Waals surface area contributed by atoms with Crippen LogP contribution in [0.25, 0.3) is 11.2 Å². The highest BCUT2D eigenvalue weighted by molar-refractivity contribution is 5.71. The van der Waals surface area contributed by atoms with Crippen LogP contribution >= 0.6 is 0 Å². The SMILES string of the molecule is c1cnc2c(c1)nc(C1CCCCC1)n2C1CCN(Cc2ccc3c(c2)OCCO3)CC1. The summed E-state index contributed by atoms with van der Waals surface area (Å²) in [5.74, 6) is 3.64. The molecule has 4 heterocycles. The topological polar surface area (TPSA) is 52.4 Å². The largest absolute Gasteiger partial charge is 0.486 e. The minimum atomic E-state index is 0.489. The number of imidazole rings is 1. The fourth-order valence-electron chi connectivity index (χ4n) is 5.74. The minimum Gasteiger partial charge on any atom is -0.486 e. The molecule has 1 aliphatic carbocycles. The quantitative estimate of drug-likeness (QED) is 0.575. The zero-order chi connectivity index (χ0) is 21.3. The maximum atomic E-state index is 5.77. The second-order valence-electron chi connectivity index (χ2n) is 9.51. The van der Waals surface area contributed by atoms with Crippen LogP contribution < -0.4 is 9.47 Å². The number of hydrogen-bond acceptors (Lipinski definition) is 5. The van der Waals surface area contributed by atoms with E-state index >= 15 is 0 Å². The van der Waals surface area contributed by atoms with Crippen molar-refractivity contribution in [3.63, 3.8) is 0 Å². The van der Waals surface area contributed by atoms with E-state index in [1.165, 1.54) is 43.5 Å². The monoisotopic (exact) mass is 432 g/mol. The van der Waals surface area contributed by atoms with E-state index in [9.17, 15) is 0 Å². The van der Waals surface area contributed by atoms with Crippen molar-refractivity contribution in [3.8, 4) is 11.5 Å². The fourth-order valence-corrected chi connectivity index (χ4v) is 5.74. The minimum absolute atomic E-state index is 0.489. The van der Waals surface area contributed by atoms with E-state index in [0.717, 1.165) is 55.1 Å². The Labute approximate surface area is 189 Å². The van der Waals surface area contributed by atoms with Crippen molar-refractivity contribution in [1.29, 1.82) is 0 Å². The first kappa shape index (κ1) is 20.0. The van der Waals surface area contributed by atoms with Crippen LogP contribution in [0.4, 0.5) is 0 Å². The first-order valence-electron chi connectivity index (χ1n) is 12.3. The maximum Gasteiger partial charge on any atom is 0.161 e. The molecule has 0 bridgehead atoms. The number of nitrogens with zero attached hydrogens (tertiary/aromatic N) is 4. The van der Waals surface area contributed by atoms with Gasteiger partial charge in [0.25, 0.3) is 0 Å². The van der Waals surface area contributed by atoms with Gasteiger partial charge in [0.05, 0.1) is 0 Å². The number of hydrogen-bond donors (Lipinski definition) is 0. The molecular formula is C26H32N4O2. The van der Waals surface area contributed by atoms with Gasteiger partial charge >= 0.3 is 0 Å². The van der Waals surface area contributed by atoms with Gasteiger partial charge < -0.3 is 14.0 Å². The summed E-state index contributed by atoms with van der Waals surface area (Å²) in [6, 6.07) is 11.0. The molecule has 0 radical (unpaired) electrons. The van der Waals surface area contributed by atoms with E-state index < -0.39 is 0 Å². The molecule has 6 heteroatoms. The first-order valence-corrected chi connectivity index (χ1v) is 12.3. The number of benzene rings is 1. The highest BCUT2D eigenvalue weighted by Gasteiger charge is 2.29. The Balaban J connectivity index is 1.18. The van der Waals surface area contributed by atoms with E-state index in [4.69, 9.17) is 19.4 Å². The maximum absolute atomic E-state index is 5.77. The third-order valence-electron chi connectivity index (χ3n) is 7.38. The van der Waals surface area contributed by atoms with Crippen LogP contribution in [0.15, 0.2) is 36.5 Å². The summed E-state index contributed by atoms with van der Waals surface area (Å²) in [4.78, 5) is 12.4. The first-order chi connectivity index (χ1) is 15.8. The normalized spacial score (nSPS) is 20.6. The lowest BCUT2D eigenvalue weighted by Crippen LogP contribution is -2.35. The van der Waals surface area contributed by atoms with Gasteiger partial charge in [0.1, 0.15) is 24.6 Å². The van der Waals surface area contributed by atoms with Crippen LogP contribution in [0, 0.1) is 0 Å². The summed E-state index contributed by atoms with van der Waals surface area (Å²) < 4.78 is 14.0. The molecule has 0 spiro atoms. The Hall–Kier alpha value is -2.60. The number of fused-ring (bicyclic) bond motifs is 2. The third-order valence-corrected chi connectivity index (χ3v) is 7.38. The average Bonchev–Trinajstić information content (AvgIpc) is 3.25. The summed E-state index contributed by atoms with van der Waals surface area (Å²) in [5, 5.41) is 0. The Morgan fingerprint density at radius 3 is 2.56 bits per heavy atom. The molecular weight excluding hydrogens is 400 g/mol. The molecule has 1 saturated carbocycles. The number of rotatable bonds is 4. The molecule has 0 atom stereocenters. The van der Waals surface area contributed by atoms with Gasteiger partial charge in [-0.2, -0.15) is 0 Å². The van der Waals surface area contributed by atoms with Crippen molar-refractivity contribution < 1.29 is 9.47 Å². The molecule has 2 aliphatic heterocycles. The number of piperidine rings is 1. The number of pyridine rings is 1. The Kier molecular flexibility index (Phi) is 5.47. The van der Waals surface area contributed by atoms with Crippen LogP contribution in [-0.4, -0.2) is 45.7 Å². The van der Waals surface area contributed by atoms with Gasteiger partial charge in [-0.3, -0.25) is 4.90 Å². The van der Waals surface area contributed by atoms with E-state index in [1.807, 2.05) is 12.3 Å². The molecule has 6 rings (SSSR count). The van der Waals surface area contributed by atoms with Crippen molar-refractivity contribution in [2.24, 2.45) is 0 Å². The molecule has 0 amide bonds. The molecule has 168 valence electrons. The summed E-state index contributed by atoms with van der Waals surface area (Å²) in [6.45, 7) is 4.42. The van der Waals surface area contributed by atoms with Crippen LogP contribution in [0.5, 0.6) is 11.5 Å². The highest BCUT2D eigenvalue weighted by Crippen LogP contribution is 2.37. The van der Waals surface area contributed by atoms with E-state index in [1.54, 1.807) is 0 Å². The lowest BCUT2D eigenvalue weighted by molar-refractivity contribution is 0.168. The molecule has 2 fully saturated rings. The van der Waals surface area contributed by atoms with Crippen molar-refractivity contribution in [2.45, 2.75) is 63.5 Å². The van der Waals surface area contributed by atoms with Gasteiger partial charge in [-0.1, -0.05) is 25.3 Å². The van der Waals surface area contributed by atoms with Crippen molar-refractivity contribution in [3.05, 3.63) is 47.9 Å². The zero-order valence-electron chi connectivity index (χ0n) is 18.7. The molecule has 1 aromatic carbocycles. The Morgan fingerprint density at radius 2 is 1.72 bits per heavy atom. The smallest absolute Gasteiger partial charge is 0.161 e. The lowest BCUT2D eigenvalue weighted by atomic mass is 9.88. The molecule has 0 N–H and O–H groups in total. The van der Waals surface area contributed by atoms with Gasteiger partial charge in [-0.15, -0.1) is 0 Å². The predicted octanol–water partition coefficient (Wildman–Crippen LogP) is 5.09. The van der Waals surface area contributed by atoms with Gasteiger partial charge in [0.15, 0.2) is 17.1 Å². The molecule has 0 unspecified atom stereocenters. The summed E-state index contributed by atoms with van der Waals surface area (Å²) in [7, 11) is 0. The van der Waals surface area contributed by atoms with Crippen LogP contribution in [0.3, 0.4) is 0 Å². The molecule has 2 aromatic heterocycles. The van der Waals surface area contributed by atoms with E-state index in [-0.39, 0.29) is 0 Å². The van der Waals surface area contributed by atoms with Crippen molar-refractivity contribution >= 4 is 11.2 Å². The van der Waals surface area contributed by atoms with Crippen molar-refractivity contribution in [2.75, 3.05) is 26.3 Å². The third kappa shape index (κ3) is 3.85. The van der Waals surface area contributed by atoms with Gasteiger partial charge in [-0.25, -0.2) is 9.97 Å². The van der Waals surface area contributed by atoms with Gasteiger partial charge in [-0.05, 0) is 55.5 Å². The molecule has 3 aliphatic rings. The van der Waals surface area contributed by atoms with Crippen molar-refractivity contribution in [1.82, 2.24) is 19.4 Å². The Morgan fingerprint density at radius 1 is 0.906 bits per heavy atom. The fraction of sp³-hybridized carbons (Fsp3) is 0.538. The summed E-state index contributed by atoms with van der Waals surface area (Å²) in [6.07, 6.45) is 10.8. The van der Waals surface area contributed by atoms with Crippen LogP contribution in [0.1, 0.15) is 68.3 Å². The molecule has 32 heavy (non-hydrogen) atoms. The van der Waals surface area contributed by atoms with Gasteiger partial charge in [0.2, 0.25) is 0 Å². The van der Waals surface area contributed by atoms with Gasteiger partial charge in [0, 0.05) is 37.8 Å². The van der Waals surface area contributed by atoms with Crippen LogP contribution in [0.2, 0.25) is 0 Å². The number of ether oxygens (including phenoxy) is 2.